The highest BCUT2D eigenvalue weighted by molar-refractivity contribution is 9.10. The van der Waals surface area contributed by atoms with E-state index in [9.17, 15) is 4.79 Å². The largest absolute Gasteiger partial charge is 0.364 e. The molecular formula is C7H8BrN2O+. The standard InChI is InChI=1S/C7H7BrN2O/c8-6-2-1-3-10(4-6)5-7(9)11/h1-4H,5H2,(H-,9,11)/p+1. The van der Waals surface area contributed by atoms with Crippen LogP contribution in [-0.4, -0.2) is 5.91 Å². The number of nitrogens with two attached hydrogens (primary N) is 1. The maximum Gasteiger partial charge on any atom is 0.283 e. The zero-order chi connectivity index (χ0) is 8.27. The molecule has 3 nitrogen and oxygen atoms in total. The molecule has 0 bridgehead atoms. The van der Waals surface area contributed by atoms with Crippen LogP contribution in [0.25, 0.3) is 0 Å². The molecule has 0 aliphatic carbocycles. The van der Waals surface area contributed by atoms with Gasteiger partial charge in [-0.3, -0.25) is 4.79 Å². The molecule has 1 heterocycles. The average Bonchev–Trinajstić information content (AvgIpc) is 1.85. The number of aromatic nitrogens is 1. The van der Waals surface area contributed by atoms with Gasteiger partial charge in [-0.2, -0.15) is 4.57 Å². The molecule has 0 unspecified atom stereocenters. The lowest BCUT2D eigenvalue weighted by Gasteiger charge is -1.91. The lowest BCUT2D eigenvalue weighted by Crippen LogP contribution is -2.40. The summed E-state index contributed by atoms with van der Waals surface area (Å²) >= 11 is 3.28. The third-order valence-electron chi connectivity index (χ3n) is 1.16. The lowest BCUT2D eigenvalue weighted by molar-refractivity contribution is -0.684. The Bertz CT molecular complexity index is 275. The van der Waals surface area contributed by atoms with E-state index >= 15 is 0 Å². The SMILES string of the molecule is NC(=O)C[n+]1cccc(Br)c1. The molecule has 1 aromatic rings. The monoisotopic (exact) mass is 215 g/mol. The highest BCUT2D eigenvalue weighted by atomic mass is 79.9. The fraction of sp³-hybridized carbons (Fsp3) is 0.143. The number of pyridine rings is 1. The number of nitrogens with zero attached hydrogens (tertiary/aromatic N) is 1. The van der Waals surface area contributed by atoms with Gasteiger partial charge in [-0.15, -0.1) is 0 Å². The predicted octanol–water partition coefficient (Wildman–Crippen LogP) is 0.222. The van der Waals surface area contributed by atoms with Crippen LogP contribution in [0.4, 0.5) is 0 Å². The van der Waals surface area contributed by atoms with E-state index in [1.807, 2.05) is 12.1 Å². The summed E-state index contributed by atoms with van der Waals surface area (Å²) in [6.45, 7) is 0.222. The van der Waals surface area contributed by atoms with Crippen molar-refractivity contribution in [2.45, 2.75) is 6.54 Å². The van der Waals surface area contributed by atoms with Crippen LogP contribution in [0.15, 0.2) is 29.0 Å². The van der Waals surface area contributed by atoms with E-state index in [1.54, 1.807) is 17.0 Å². The number of primary amides is 1. The molecule has 0 aromatic carbocycles. The van der Waals surface area contributed by atoms with Gasteiger partial charge in [0.05, 0.1) is 4.47 Å². The normalized spacial score (nSPS) is 9.55. The summed E-state index contributed by atoms with van der Waals surface area (Å²) in [7, 11) is 0. The Hall–Kier alpha value is -0.900. The highest BCUT2D eigenvalue weighted by Gasteiger charge is 2.03. The number of hydrogen-bond acceptors (Lipinski definition) is 1. The first kappa shape index (κ1) is 8.20. The first-order chi connectivity index (χ1) is 5.18. The summed E-state index contributed by atoms with van der Waals surface area (Å²) in [4.78, 5) is 10.5. The summed E-state index contributed by atoms with van der Waals surface area (Å²) in [6, 6.07) is 3.73. The number of carbonyl (C=O) groups excluding carboxylic acids is 1. The van der Waals surface area contributed by atoms with Crippen molar-refractivity contribution in [2.75, 3.05) is 0 Å². The van der Waals surface area contributed by atoms with Gasteiger partial charge in [-0.1, -0.05) is 0 Å². The maximum atomic E-state index is 10.5. The van der Waals surface area contributed by atoms with Crippen molar-refractivity contribution in [3.05, 3.63) is 29.0 Å². The number of hydrogen-bond donors (Lipinski definition) is 1. The summed E-state index contributed by atoms with van der Waals surface area (Å²) in [5, 5.41) is 0. The van der Waals surface area contributed by atoms with Crippen LogP contribution >= 0.6 is 15.9 Å². The lowest BCUT2D eigenvalue weighted by atomic mass is 10.4. The van der Waals surface area contributed by atoms with E-state index < -0.39 is 0 Å². The Morgan fingerprint density at radius 1 is 1.73 bits per heavy atom. The van der Waals surface area contributed by atoms with Crippen LogP contribution in [0.1, 0.15) is 0 Å². The molecule has 58 valence electrons. The van der Waals surface area contributed by atoms with Crippen LogP contribution in [0, 0.1) is 0 Å². The van der Waals surface area contributed by atoms with Crippen molar-refractivity contribution in [1.82, 2.24) is 0 Å². The molecule has 0 saturated heterocycles. The van der Waals surface area contributed by atoms with Gasteiger partial charge < -0.3 is 5.73 Å². The zero-order valence-corrected chi connectivity index (χ0v) is 7.41. The minimum atomic E-state index is -0.340. The maximum absolute atomic E-state index is 10.5. The van der Waals surface area contributed by atoms with Crippen molar-refractivity contribution in [1.29, 1.82) is 0 Å². The fourth-order valence-corrected chi connectivity index (χ4v) is 1.18. The van der Waals surface area contributed by atoms with Gasteiger partial charge in [0, 0.05) is 6.07 Å². The van der Waals surface area contributed by atoms with Gasteiger partial charge in [0.25, 0.3) is 5.91 Å². The Balaban J connectivity index is 2.79. The molecule has 0 spiro atoms. The highest BCUT2D eigenvalue weighted by Crippen LogP contribution is 2.02. The van der Waals surface area contributed by atoms with Crippen LogP contribution in [0.3, 0.4) is 0 Å². The first-order valence-electron chi connectivity index (χ1n) is 3.11. The van der Waals surface area contributed by atoms with Gasteiger partial charge in [0.2, 0.25) is 6.54 Å². The molecule has 11 heavy (non-hydrogen) atoms. The molecule has 1 aromatic heterocycles. The predicted molar refractivity (Wildman–Crippen MR) is 43.5 cm³/mol. The van der Waals surface area contributed by atoms with Crippen molar-refractivity contribution < 1.29 is 9.36 Å². The van der Waals surface area contributed by atoms with Crippen molar-refractivity contribution in [2.24, 2.45) is 5.73 Å². The minimum absolute atomic E-state index is 0.222. The van der Waals surface area contributed by atoms with Gasteiger partial charge in [-0.25, -0.2) is 0 Å². The molecule has 0 fully saturated rings. The second kappa shape index (κ2) is 3.48. The summed E-state index contributed by atoms with van der Waals surface area (Å²) in [5.74, 6) is -0.340. The molecule has 1 rings (SSSR count). The van der Waals surface area contributed by atoms with Crippen molar-refractivity contribution in [3.63, 3.8) is 0 Å². The smallest absolute Gasteiger partial charge is 0.283 e. The number of amides is 1. The molecule has 2 N–H and O–H groups in total. The second-order valence-electron chi connectivity index (χ2n) is 2.16. The van der Waals surface area contributed by atoms with Crippen molar-refractivity contribution >= 4 is 21.8 Å². The third kappa shape index (κ3) is 2.67. The fourth-order valence-electron chi connectivity index (χ4n) is 0.768. The van der Waals surface area contributed by atoms with E-state index in [0.29, 0.717) is 0 Å². The number of halogens is 1. The quantitative estimate of drug-likeness (QED) is 0.706. The van der Waals surface area contributed by atoms with E-state index in [4.69, 9.17) is 5.73 Å². The van der Waals surface area contributed by atoms with Gasteiger partial charge in [0.1, 0.15) is 0 Å². The Morgan fingerprint density at radius 3 is 3.00 bits per heavy atom. The topological polar surface area (TPSA) is 47.0 Å². The van der Waals surface area contributed by atoms with E-state index in [-0.39, 0.29) is 12.5 Å². The van der Waals surface area contributed by atoms with Crippen LogP contribution in [0.5, 0.6) is 0 Å². The summed E-state index contributed by atoms with van der Waals surface area (Å²) in [5.41, 5.74) is 5.00. The zero-order valence-electron chi connectivity index (χ0n) is 5.83. The second-order valence-corrected chi connectivity index (χ2v) is 3.08. The molecule has 0 radical (unpaired) electrons. The molecule has 0 aliphatic rings. The average molecular weight is 216 g/mol. The molecule has 1 amide bonds. The number of rotatable bonds is 2. The van der Waals surface area contributed by atoms with Crippen molar-refractivity contribution in [3.8, 4) is 0 Å². The van der Waals surface area contributed by atoms with E-state index in [0.717, 1.165) is 4.47 Å². The minimum Gasteiger partial charge on any atom is -0.364 e. The molecule has 4 heteroatoms. The van der Waals surface area contributed by atoms with Gasteiger partial charge in [0.15, 0.2) is 12.4 Å². The summed E-state index contributed by atoms with van der Waals surface area (Å²) in [6.07, 6.45) is 3.58. The van der Waals surface area contributed by atoms with Gasteiger partial charge >= 0.3 is 0 Å². The Kier molecular flexibility index (Phi) is 2.59. The van der Waals surface area contributed by atoms with Crippen LogP contribution in [-0.2, 0) is 11.3 Å². The van der Waals surface area contributed by atoms with Gasteiger partial charge in [-0.05, 0) is 22.0 Å². The third-order valence-corrected chi connectivity index (χ3v) is 1.63. The van der Waals surface area contributed by atoms with E-state index in [2.05, 4.69) is 15.9 Å². The molecular weight excluding hydrogens is 208 g/mol. The van der Waals surface area contributed by atoms with Crippen LogP contribution in [0.2, 0.25) is 0 Å². The molecule has 0 saturated carbocycles. The molecule has 0 atom stereocenters. The van der Waals surface area contributed by atoms with Crippen LogP contribution < -0.4 is 10.3 Å². The Morgan fingerprint density at radius 2 is 2.45 bits per heavy atom. The first-order valence-corrected chi connectivity index (χ1v) is 3.90. The summed E-state index contributed by atoms with van der Waals surface area (Å²) < 4.78 is 2.65. The van der Waals surface area contributed by atoms with E-state index in [1.165, 1.54) is 0 Å². The molecule has 0 aliphatic heterocycles. The Labute approximate surface area is 73.0 Å². The number of carbonyl (C=O) groups is 1.